The van der Waals surface area contributed by atoms with Crippen molar-refractivity contribution in [2.75, 3.05) is 33.2 Å². The van der Waals surface area contributed by atoms with Crippen LogP contribution >= 0.6 is 0 Å². The standard InChI is InChI=1S/C14H23N5O8S/c20-13(16-26-6-9-3-11(4-15-9)17-7-25-8-17)12-2-1-10-5-18(12)14(21)19(10)27-28(22,23)24/h9-12,15H,1-8H2,(H,16,20)(H,22,23,24)/t9-,10+,11-,12-/m0/s1. The van der Waals surface area contributed by atoms with Crippen molar-refractivity contribution in [3.8, 4) is 0 Å². The fourth-order valence-corrected chi connectivity index (χ4v) is 4.38. The van der Waals surface area contributed by atoms with Gasteiger partial charge in [0.05, 0.1) is 12.6 Å². The van der Waals surface area contributed by atoms with Crippen molar-refractivity contribution >= 4 is 22.3 Å². The van der Waals surface area contributed by atoms with Crippen molar-refractivity contribution in [1.29, 1.82) is 0 Å². The van der Waals surface area contributed by atoms with Crippen LogP contribution in [0.25, 0.3) is 0 Å². The van der Waals surface area contributed by atoms with E-state index < -0.39 is 34.4 Å². The summed E-state index contributed by atoms with van der Waals surface area (Å²) >= 11 is 0. The molecule has 13 nitrogen and oxygen atoms in total. The average Bonchev–Trinajstić information content (AvgIpc) is 3.12. The number of hydrogen-bond donors (Lipinski definition) is 3. The minimum atomic E-state index is -4.81. The molecule has 3 N–H and O–H groups in total. The zero-order valence-corrected chi connectivity index (χ0v) is 15.8. The van der Waals surface area contributed by atoms with Crippen LogP contribution in [0.3, 0.4) is 0 Å². The lowest BCUT2D eigenvalue weighted by Gasteiger charge is -2.35. The van der Waals surface area contributed by atoms with Crippen LogP contribution in [0.15, 0.2) is 0 Å². The molecule has 0 radical (unpaired) electrons. The second kappa shape index (κ2) is 7.70. The molecule has 2 bridgehead atoms. The van der Waals surface area contributed by atoms with Crippen LogP contribution < -0.4 is 10.8 Å². The molecule has 4 saturated heterocycles. The van der Waals surface area contributed by atoms with Crippen LogP contribution in [-0.4, -0.2) is 97.1 Å². The normalized spacial score (nSPS) is 33.2. The molecule has 0 spiro atoms. The molecule has 4 fully saturated rings. The molecule has 4 heterocycles. The first kappa shape index (κ1) is 19.8. The smallest absolute Gasteiger partial charge is 0.351 e. The van der Waals surface area contributed by atoms with Gasteiger partial charge in [0.15, 0.2) is 0 Å². The quantitative estimate of drug-likeness (QED) is 0.311. The van der Waals surface area contributed by atoms with E-state index >= 15 is 0 Å². The fourth-order valence-electron chi connectivity index (χ4n) is 4.00. The fraction of sp³-hybridized carbons (Fsp3) is 0.857. The van der Waals surface area contributed by atoms with Gasteiger partial charge in [-0.25, -0.2) is 10.3 Å². The average molecular weight is 421 g/mol. The maximum absolute atomic E-state index is 12.4. The highest BCUT2D eigenvalue weighted by atomic mass is 32.3. The summed E-state index contributed by atoms with van der Waals surface area (Å²) in [5.74, 6) is -0.480. The minimum absolute atomic E-state index is 0.105. The van der Waals surface area contributed by atoms with Crippen molar-refractivity contribution in [3.05, 3.63) is 0 Å². The highest BCUT2D eigenvalue weighted by Gasteiger charge is 2.49. The topological polar surface area (TPSA) is 150 Å². The molecule has 0 unspecified atom stereocenters. The largest absolute Gasteiger partial charge is 0.418 e. The number of nitrogens with one attached hydrogen (secondary N) is 2. The minimum Gasteiger partial charge on any atom is -0.351 e. The van der Waals surface area contributed by atoms with E-state index in [4.69, 9.17) is 14.1 Å². The molecule has 0 aromatic rings. The van der Waals surface area contributed by atoms with Gasteiger partial charge in [-0.05, 0) is 19.3 Å². The van der Waals surface area contributed by atoms with E-state index in [1.807, 2.05) is 0 Å². The molecule has 4 aliphatic rings. The van der Waals surface area contributed by atoms with E-state index in [0.29, 0.717) is 37.4 Å². The number of amides is 3. The third kappa shape index (κ3) is 4.07. The SMILES string of the molecule is O=C(NOC[C@@H]1C[C@H](N2COC2)CN1)[C@@H]1CC[C@@H]2CN1C(=O)N2OS(=O)(=O)O. The highest BCUT2D eigenvalue weighted by molar-refractivity contribution is 7.80. The molecular formula is C14H23N5O8S. The molecule has 14 heteroatoms. The lowest BCUT2D eigenvalue weighted by atomic mass is 10.0. The molecule has 4 atom stereocenters. The summed E-state index contributed by atoms with van der Waals surface area (Å²) in [5.41, 5.74) is 2.38. The number of hydroxylamine groups is 3. The zero-order chi connectivity index (χ0) is 19.9. The third-order valence-electron chi connectivity index (χ3n) is 5.49. The molecule has 0 saturated carbocycles. The van der Waals surface area contributed by atoms with E-state index in [1.54, 1.807) is 0 Å². The Bertz CT molecular complexity index is 731. The zero-order valence-electron chi connectivity index (χ0n) is 15.0. The van der Waals surface area contributed by atoms with Gasteiger partial charge in [0.2, 0.25) is 0 Å². The molecule has 28 heavy (non-hydrogen) atoms. The first-order valence-electron chi connectivity index (χ1n) is 9.05. The molecule has 4 aliphatic heterocycles. The van der Waals surface area contributed by atoms with Crippen LogP contribution in [0, 0.1) is 0 Å². The number of piperidine rings is 1. The van der Waals surface area contributed by atoms with Gasteiger partial charge in [-0.3, -0.25) is 19.1 Å². The predicted molar refractivity (Wildman–Crippen MR) is 90.3 cm³/mol. The van der Waals surface area contributed by atoms with Crippen molar-refractivity contribution in [2.45, 2.75) is 43.4 Å². The summed E-state index contributed by atoms with van der Waals surface area (Å²) in [4.78, 5) is 33.5. The number of hydrogen-bond acceptors (Lipinski definition) is 9. The summed E-state index contributed by atoms with van der Waals surface area (Å²) in [7, 11) is -4.81. The number of ether oxygens (including phenoxy) is 1. The van der Waals surface area contributed by atoms with Crippen molar-refractivity contribution in [2.24, 2.45) is 0 Å². The molecule has 4 rings (SSSR count). The van der Waals surface area contributed by atoms with Crippen LogP contribution in [-0.2, 0) is 29.1 Å². The van der Waals surface area contributed by atoms with Crippen molar-refractivity contribution in [1.82, 2.24) is 25.7 Å². The Labute approximate surface area is 161 Å². The van der Waals surface area contributed by atoms with Crippen LogP contribution in [0.2, 0.25) is 0 Å². The summed E-state index contributed by atoms with van der Waals surface area (Å²) in [6, 6.07) is -1.61. The Hall–Kier alpha value is -1.55. The van der Waals surface area contributed by atoms with Gasteiger partial charge in [0.25, 0.3) is 5.91 Å². The summed E-state index contributed by atoms with van der Waals surface area (Å²) in [6.45, 7) is 2.54. The second-order valence-corrected chi connectivity index (χ2v) is 8.34. The van der Waals surface area contributed by atoms with Gasteiger partial charge in [-0.2, -0.15) is 13.5 Å². The lowest BCUT2D eigenvalue weighted by molar-refractivity contribution is -0.162. The number of rotatable bonds is 7. The number of nitrogens with zero attached hydrogens (tertiary/aromatic N) is 3. The van der Waals surface area contributed by atoms with Crippen molar-refractivity contribution in [3.63, 3.8) is 0 Å². The molecule has 0 aromatic heterocycles. The van der Waals surface area contributed by atoms with Crippen LogP contribution in [0.4, 0.5) is 4.79 Å². The van der Waals surface area contributed by atoms with Crippen LogP contribution in [0.1, 0.15) is 19.3 Å². The predicted octanol–water partition coefficient (Wildman–Crippen LogP) is -1.99. The second-order valence-electron chi connectivity index (χ2n) is 7.33. The maximum Gasteiger partial charge on any atom is 0.418 e. The Balaban J connectivity index is 1.24. The molecule has 3 amide bonds. The van der Waals surface area contributed by atoms with Crippen LogP contribution in [0.5, 0.6) is 0 Å². The maximum atomic E-state index is 12.4. The van der Waals surface area contributed by atoms with Gasteiger partial charge in [0, 0.05) is 25.2 Å². The van der Waals surface area contributed by atoms with E-state index in [9.17, 15) is 18.0 Å². The van der Waals surface area contributed by atoms with Gasteiger partial charge in [-0.1, -0.05) is 0 Å². The Morgan fingerprint density at radius 1 is 1.32 bits per heavy atom. The number of fused-ring (bicyclic) bond motifs is 2. The van der Waals surface area contributed by atoms with Gasteiger partial charge < -0.3 is 15.0 Å². The molecule has 158 valence electrons. The monoisotopic (exact) mass is 421 g/mol. The summed E-state index contributed by atoms with van der Waals surface area (Å²) < 4.78 is 40.1. The number of carbonyl (C=O) groups is 2. The first-order chi connectivity index (χ1) is 13.3. The van der Waals surface area contributed by atoms with E-state index in [-0.39, 0.29) is 19.2 Å². The Kier molecular flexibility index (Phi) is 5.43. The third-order valence-corrected chi connectivity index (χ3v) is 5.84. The molecular weight excluding hydrogens is 398 g/mol. The van der Waals surface area contributed by atoms with E-state index in [2.05, 4.69) is 20.0 Å². The number of urea groups is 1. The molecule has 0 aliphatic carbocycles. The Morgan fingerprint density at radius 3 is 2.79 bits per heavy atom. The number of carbonyl (C=O) groups excluding carboxylic acids is 2. The van der Waals surface area contributed by atoms with Gasteiger partial charge >= 0.3 is 16.4 Å². The summed E-state index contributed by atoms with van der Waals surface area (Å²) in [6.07, 6.45) is 1.58. The van der Waals surface area contributed by atoms with Gasteiger partial charge in [0.1, 0.15) is 19.5 Å². The lowest BCUT2D eigenvalue weighted by Crippen LogP contribution is -2.50. The Morgan fingerprint density at radius 2 is 2.11 bits per heavy atom. The van der Waals surface area contributed by atoms with Gasteiger partial charge in [-0.15, -0.1) is 4.28 Å². The highest BCUT2D eigenvalue weighted by Crippen LogP contribution is 2.30. The first-order valence-corrected chi connectivity index (χ1v) is 10.4. The van der Waals surface area contributed by atoms with E-state index in [0.717, 1.165) is 13.0 Å². The summed E-state index contributed by atoms with van der Waals surface area (Å²) in [5, 5.41) is 3.93. The van der Waals surface area contributed by atoms with E-state index in [1.165, 1.54) is 4.90 Å². The van der Waals surface area contributed by atoms with Crippen molar-refractivity contribution < 1.29 is 36.4 Å². The molecule has 0 aromatic carbocycles.